The fourth-order valence-electron chi connectivity index (χ4n) is 4.72. The molecule has 6 nitrogen and oxygen atoms in total. The molecule has 8 heteroatoms. The Labute approximate surface area is 203 Å². The average Bonchev–Trinajstić information content (AvgIpc) is 2.77. The Hall–Kier alpha value is -2.57. The number of piperidine rings is 1. The second kappa shape index (κ2) is 11.0. The lowest BCUT2D eigenvalue weighted by atomic mass is 9.74. The lowest BCUT2D eigenvalue weighted by molar-refractivity contribution is -0.155. The molecule has 0 bridgehead atoms. The quantitative estimate of drug-likeness (QED) is 0.541. The van der Waals surface area contributed by atoms with E-state index in [2.05, 4.69) is 5.32 Å². The van der Waals surface area contributed by atoms with Gasteiger partial charge in [0.1, 0.15) is 6.04 Å². The lowest BCUT2D eigenvalue weighted by Gasteiger charge is -2.47. The van der Waals surface area contributed by atoms with Gasteiger partial charge in [0.2, 0.25) is 11.8 Å². The van der Waals surface area contributed by atoms with E-state index in [1.807, 2.05) is 44.2 Å². The topological polar surface area (TPSA) is 86.7 Å². The van der Waals surface area contributed by atoms with Gasteiger partial charge in [0.05, 0.1) is 12.5 Å². The van der Waals surface area contributed by atoms with Crippen LogP contribution in [0.15, 0.2) is 48.5 Å². The van der Waals surface area contributed by atoms with Crippen molar-refractivity contribution in [3.05, 3.63) is 69.7 Å². The molecule has 2 aromatic rings. The maximum absolute atomic E-state index is 13.7. The number of rotatable bonds is 8. The summed E-state index contributed by atoms with van der Waals surface area (Å²) in [4.78, 5) is 39.9. The number of carboxylic acids is 1. The molecule has 4 atom stereocenters. The number of amides is 2. The van der Waals surface area contributed by atoms with Gasteiger partial charge >= 0.3 is 5.97 Å². The number of carboxylic acid groups (broad SMARTS) is 1. The molecule has 0 aromatic heterocycles. The van der Waals surface area contributed by atoms with Crippen LogP contribution in [0.25, 0.3) is 0 Å². The standard InChI is InChI=1S/C25H28Cl2N2O4/c1-3-21(24(32)28-4-2)29-23(15-8-10-18(26)11-9-15)20(16-6-5-7-19(27)12-16)13-17(25(29)33)14-22(30)31/h5-12,17,20-21,23H,3-4,13-14H2,1-2H3,(H,28,32)(H,30,31)/t17?,20?,21-,23?/m1/s1. The highest BCUT2D eigenvalue weighted by Crippen LogP contribution is 2.47. The van der Waals surface area contributed by atoms with Crippen molar-refractivity contribution >= 4 is 41.0 Å². The van der Waals surface area contributed by atoms with Gasteiger partial charge in [-0.15, -0.1) is 0 Å². The first-order valence-corrected chi connectivity index (χ1v) is 11.8. The Bertz CT molecular complexity index is 1010. The van der Waals surface area contributed by atoms with Crippen LogP contribution in [0.5, 0.6) is 0 Å². The number of aliphatic carboxylic acids is 1. The average molecular weight is 491 g/mol. The molecule has 1 heterocycles. The van der Waals surface area contributed by atoms with E-state index in [9.17, 15) is 19.5 Å². The minimum absolute atomic E-state index is 0.254. The number of likely N-dealkylation sites (tertiary alicyclic amines) is 1. The molecule has 0 spiro atoms. The molecule has 0 saturated carbocycles. The zero-order valence-corrected chi connectivity index (χ0v) is 20.1. The number of benzene rings is 2. The second-order valence-electron chi connectivity index (χ2n) is 8.25. The normalized spacial score (nSPS) is 21.5. The predicted molar refractivity (Wildman–Crippen MR) is 128 cm³/mol. The molecule has 33 heavy (non-hydrogen) atoms. The van der Waals surface area contributed by atoms with Crippen molar-refractivity contribution in [1.29, 1.82) is 0 Å². The lowest BCUT2D eigenvalue weighted by Crippen LogP contribution is -2.56. The van der Waals surface area contributed by atoms with E-state index in [-0.39, 0.29) is 24.2 Å². The molecule has 1 aliphatic rings. The third-order valence-electron chi connectivity index (χ3n) is 6.11. The van der Waals surface area contributed by atoms with Gasteiger partial charge in [-0.1, -0.05) is 54.4 Å². The number of halogens is 2. The molecule has 3 unspecified atom stereocenters. The number of hydrogen-bond donors (Lipinski definition) is 2. The maximum atomic E-state index is 13.7. The van der Waals surface area contributed by atoms with Crippen molar-refractivity contribution in [1.82, 2.24) is 10.2 Å². The summed E-state index contributed by atoms with van der Waals surface area (Å²) >= 11 is 12.4. The first-order valence-electron chi connectivity index (χ1n) is 11.1. The minimum atomic E-state index is -1.05. The first-order chi connectivity index (χ1) is 15.8. The van der Waals surface area contributed by atoms with Crippen molar-refractivity contribution in [2.75, 3.05) is 6.54 Å². The maximum Gasteiger partial charge on any atom is 0.304 e. The smallest absolute Gasteiger partial charge is 0.304 e. The predicted octanol–water partition coefficient (Wildman–Crippen LogP) is 5.06. The molecule has 1 aliphatic heterocycles. The van der Waals surface area contributed by atoms with E-state index in [1.165, 1.54) is 0 Å². The summed E-state index contributed by atoms with van der Waals surface area (Å²) in [6.45, 7) is 4.10. The molecule has 1 saturated heterocycles. The zero-order chi connectivity index (χ0) is 24.1. The molecule has 0 aliphatic carbocycles. The van der Waals surface area contributed by atoms with Gasteiger partial charge in [0.15, 0.2) is 0 Å². The monoisotopic (exact) mass is 490 g/mol. The van der Waals surface area contributed by atoms with Crippen LogP contribution in [0, 0.1) is 5.92 Å². The Morgan fingerprint density at radius 1 is 1.09 bits per heavy atom. The molecule has 2 aromatic carbocycles. The Morgan fingerprint density at radius 2 is 1.79 bits per heavy atom. The zero-order valence-electron chi connectivity index (χ0n) is 18.6. The van der Waals surface area contributed by atoms with Crippen LogP contribution < -0.4 is 5.32 Å². The Kier molecular flexibility index (Phi) is 8.38. The van der Waals surface area contributed by atoms with Gasteiger partial charge in [-0.3, -0.25) is 14.4 Å². The summed E-state index contributed by atoms with van der Waals surface area (Å²) < 4.78 is 0. The van der Waals surface area contributed by atoms with E-state index in [4.69, 9.17) is 23.2 Å². The molecule has 3 rings (SSSR count). The van der Waals surface area contributed by atoms with Crippen LogP contribution in [0.4, 0.5) is 0 Å². The van der Waals surface area contributed by atoms with Crippen LogP contribution in [-0.4, -0.2) is 40.4 Å². The number of nitrogens with zero attached hydrogens (tertiary/aromatic N) is 1. The Morgan fingerprint density at radius 3 is 2.36 bits per heavy atom. The number of likely N-dealkylation sites (N-methyl/N-ethyl adjacent to an activating group) is 1. The molecular formula is C25H28Cl2N2O4. The summed E-state index contributed by atoms with van der Waals surface area (Å²) in [5, 5.41) is 13.4. The molecule has 0 radical (unpaired) electrons. The second-order valence-corrected chi connectivity index (χ2v) is 9.13. The van der Waals surface area contributed by atoms with Crippen molar-refractivity contribution in [2.24, 2.45) is 5.92 Å². The first kappa shape index (κ1) is 25.1. The summed E-state index contributed by atoms with van der Waals surface area (Å²) in [7, 11) is 0. The molecular weight excluding hydrogens is 463 g/mol. The number of nitrogens with one attached hydrogen (secondary N) is 1. The largest absolute Gasteiger partial charge is 0.481 e. The van der Waals surface area contributed by atoms with Gasteiger partial charge < -0.3 is 15.3 Å². The molecule has 2 amide bonds. The number of hydrogen-bond acceptors (Lipinski definition) is 3. The molecule has 1 fully saturated rings. The van der Waals surface area contributed by atoms with Crippen molar-refractivity contribution in [3.8, 4) is 0 Å². The van der Waals surface area contributed by atoms with E-state index in [1.54, 1.807) is 23.1 Å². The third-order valence-corrected chi connectivity index (χ3v) is 6.60. The summed E-state index contributed by atoms with van der Waals surface area (Å²) in [5.74, 6) is -2.63. The number of carbonyl (C=O) groups is 3. The third kappa shape index (κ3) is 5.68. The van der Waals surface area contributed by atoms with E-state index < -0.39 is 24.0 Å². The van der Waals surface area contributed by atoms with Crippen LogP contribution >= 0.6 is 23.2 Å². The van der Waals surface area contributed by atoms with Crippen LogP contribution in [-0.2, 0) is 14.4 Å². The van der Waals surface area contributed by atoms with Crippen molar-refractivity contribution in [3.63, 3.8) is 0 Å². The van der Waals surface area contributed by atoms with E-state index in [0.717, 1.165) is 11.1 Å². The van der Waals surface area contributed by atoms with Crippen LogP contribution in [0.3, 0.4) is 0 Å². The van der Waals surface area contributed by atoms with E-state index >= 15 is 0 Å². The van der Waals surface area contributed by atoms with E-state index in [0.29, 0.717) is 29.4 Å². The van der Waals surface area contributed by atoms with Gasteiger partial charge in [0.25, 0.3) is 0 Å². The van der Waals surface area contributed by atoms with Gasteiger partial charge in [-0.2, -0.15) is 0 Å². The van der Waals surface area contributed by atoms with Gasteiger partial charge in [-0.25, -0.2) is 0 Å². The SMILES string of the molecule is CCNC(=O)[C@@H](CC)N1C(=O)C(CC(=O)O)CC(c2cccc(Cl)c2)C1c1ccc(Cl)cc1. The highest BCUT2D eigenvalue weighted by atomic mass is 35.5. The summed E-state index contributed by atoms with van der Waals surface area (Å²) in [5.41, 5.74) is 1.72. The van der Waals surface area contributed by atoms with Crippen molar-refractivity contribution in [2.45, 2.75) is 51.1 Å². The minimum Gasteiger partial charge on any atom is -0.481 e. The fraction of sp³-hybridized carbons (Fsp3) is 0.400. The fourth-order valence-corrected chi connectivity index (χ4v) is 5.04. The van der Waals surface area contributed by atoms with Crippen LogP contribution in [0.1, 0.15) is 56.2 Å². The highest BCUT2D eigenvalue weighted by Gasteiger charge is 2.47. The Balaban J connectivity index is 2.20. The van der Waals surface area contributed by atoms with Crippen molar-refractivity contribution < 1.29 is 19.5 Å². The highest BCUT2D eigenvalue weighted by molar-refractivity contribution is 6.30. The summed E-state index contributed by atoms with van der Waals surface area (Å²) in [6, 6.07) is 13.4. The van der Waals surface area contributed by atoms with Gasteiger partial charge in [0, 0.05) is 28.4 Å². The molecule has 2 N–H and O–H groups in total. The molecule has 176 valence electrons. The van der Waals surface area contributed by atoms with Gasteiger partial charge in [-0.05, 0) is 55.2 Å². The number of carbonyl (C=O) groups excluding carboxylic acids is 2. The van der Waals surface area contributed by atoms with Crippen LogP contribution in [0.2, 0.25) is 10.0 Å². The summed E-state index contributed by atoms with van der Waals surface area (Å²) in [6.07, 6.45) is 0.427.